The van der Waals surface area contributed by atoms with E-state index in [1.807, 2.05) is 32.2 Å². The van der Waals surface area contributed by atoms with E-state index in [2.05, 4.69) is 20.1 Å². The summed E-state index contributed by atoms with van der Waals surface area (Å²) >= 11 is 1.41. The fraction of sp³-hybridized carbons (Fsp3) is 0.308. The maximum Gasteiger partial charge on any atom is 0.299 e. The summed E-state index contributed by atoms with van der Waals surface area (Å²) in [5, 5.41) is 6.75. The summed E-state index contributed by atoms with van der Waals surface area (Å²) in [7, 11) is 1.66. The highest BCUT2D eigenvalue weighted by Gasteiger charge is 2.21. The number of nitrogens with zero attached hydrogens (tertiary/aromatic N) is 6. The summed E-state index contributed by atoms with van der Waals surface area (Å²) in [5.41, 5.74) is 2.61. The summed E-state index contributed by atoms with van der Waals surface area (Å²) in [6.45, 7) is 5.67. The molecule has 0 saturated carbocycles. The minimum Gasteiger partial charge on any atom is -0.284 e. The Hall–Kier alpha value is -2.35. The van der Waals surface area contributed by atoms with Crippen LogP contribution in [0, 0.1) is 20.8 Å². The van der Waals surface area contributed by atoms with Crippen LogP contribution in [0.25, 0.3) is 5.78 Å². The lowest BCUT2D eigenvalue weighted by atomic mass is 10.4. The first-order chi connectivity index (χ1) is 9.95. The average molecular weight is 302 g/mol. The Morgan fingerprint density at radius 3 is 2.62 bits per heavy atom. The predicted molar refractivity (Wildman–Crippen MR) is 79.8 cm³/mol. The minimum atomic E-state index is -0.299. The zero-order valence-corrected chi connectivity index (χ0v) is 13.0. The minimum absolute atomic E-state index is 0.117. The van der Waals surface area contributed by atoms with Crippen LogP contribution >= 0.6 is 11.3 Å². The van der Waals surface area contributed by atoms with E-state index in [4.69, 9.17) is 0 Å². The average Bonchev–Trinajstić information content (AvgIpc) is 3.03. The molecule has 0 spiro atoms. The predicted octanol–water partition coefficient (Wildman–Crippen LogP) is 1.78. The van der Waals surface area contributed by atoms with Gasteiger partial charge < -0.3 is 0 Å². The fourth-order valence-electron chi connectivity index (χ4n) is 1.99. The van der Waals surface area contributed by atoms with Crippen LogP contribution in [0.1, 0.15) is 27.7 Å². The molecule has 8 heteroatoms. The van der Waals surface area contributed by atoms with Crippen LogP contribution in [0.3, 0.4) is 0 Å². The molecular formula is C13H14N6OS. The molecule has 3 aromatic rings. The smallest absolute Gasteiger partial charge is 0.284 e. The zero-order chi connectivity index (χ0) is 15.1. The number of carbonyl (C=O) groups excluding carboxylic acids is 1. The van der Waals surface area contributed by atoms with Crippen molar-refractivity contribution in [2.45, 2.75) is 20.8 Å². The molecule has 0 aliphatic rings. The molecular weight excluding hydrogens is 288 g/mol. The van der Waals surface area contributed by atoms with E-state index >= 15 is 0 Å². The van der Waals surface area contributed by atoms with Crippen LogP contribution in [0.2, 0.25) is 0 Å². The first kappa shape index (κ1) is 13.6. The maximum absolute atomic E-state index is 12.4. The second-order valence-corrected chi connectivity index (χ2v) is 5.66. The third-order valence-corrected chi connectivity index (χ3v) is 4.04. The Bertz CT molecular complexity index is 836. The van der Waals surface area contributed by atoms with Gasteiger partial charge in [0.2, 0.25) is 5.82 Å². The van der Waals surface area contributed by atoms with Gasteiger partial charge in [-0.15, -0.1) is 16.4 Å². The van der Waals surface area contributed by atoms with Gasteiger partial charge in [0.15, 0.2) is 5.13 Å². The van der Waals surface area contributed by atoms with Crippen LogP contribution in [0.5, 0.6) is 0 Å². The van der Waals surface area contributed by atoms with Crippen molar-refractivity contribution in [2.24, 2.45) is 0 Å². The van der Waals surface area contributed by atoms with Gasteiger partial charge in [0, 0.05) is 23.8 Å². The summed E-state index contributed by atoms with van der Waals surface area (Å²) < 4.78 is 1.57. The van der Waals surface area contributed by atoms with Gasteiger partial charge in [-0.3, -0.25) is 9.69 Å². The van der Waals surface area contributed by atoms with Gasteiger partial charge in [-0.05, 0) is 26.8 Å². The van der Waals surface area contributed by atoms with Gasteiger partial charge in [-0.2, -0.15) is 4.98 Å². The van der Waals surface area contributed by atoms with Gasteiger partial charge in [-0.1, -0.05) is 0 Å². The van der Waals surface area contributed by atoms with Gasteiger partial charge in [-0.25, -0.2) is 14.5 Å². The van der Waals surface area contributed by atoms with Gasteiger partial charge in [0.25, 0.3) is 11.7 Å². The first-order valence-electron chi connectivity index (χ1n) is 6.37. The highest BCUT2D eigenvalue weighted by atomic mass is 32.1. The van der Waals surface area contributed by atoms with Crippen molar-refractivity contribution in [3.05, 3.63) is 34.4 Å². The largest absolute Gasteiger partial charge is 0.299 e. The quantitative estimate of drug-likeness (QED) is 0.721. The van der Waals surface area contributed by atoms with E-state index in [1.54, 1.807) is 11.6 Å². The number of thiazole rings is 1. The SMILES string of the molecule is Cc1csc(N(C)C(=O)c2nc3nc(C)cc(C)n3n2)n1. The number of amides is 1. The van der Waals surface area contributed by atoms with E-state index in [9.17, 15) is 4.79 Å². The number of rotatable bonds is 2. The van der Waals surface area contributed by atoms with E-state index < -0.39 is 0 Å². The number of hydrogen-bond acceptors (Lipinski definition) is 6. The molecule has 0 unspecified atom stereocenters. The molecule has 0 aliphatic carbocycles. The van der Waals surface area contributed by atoms with Crippen LogP contribution in [0.15, 0.2) is 11.4 Å². The zero-order valence-electron chi connectivity index (χ0n) is 12.2. The highest BCUT2D eigenvalue weighted by molar-refractivity contribution is 7.14. The molecule has 0 radical (unpaired) electrons. The van der Waals surface area contributed by atoms with Crippen molar-refractivity contribution in [3.8, 4) is 0 Å². The van der Waals surface area contributed by atoms with Gasteiger partial charge in [0.05, 0.1) is 5.69 Å². The standard InChI is InChI=1S/C13H14N6OS/c1-7-5-9(3)19-12(14-7)16-10(17-19)11(20)18(4)13-15-8(2)6-21-13/h5-6H,1-4H3. The van der Waals surface area contributed by atoms with Crippen LogP contribution in [-0.4, -0.2) is 37.5 Å². The molecule has 7 nitrogen and oxygen atoms in total. The van der Waals surface area contributed by atoms with Gasteiger partial charge >= 0.3 is 0 Å². The van der Waals surface area contributed by atoms with E-state index in [1.165, 1.54) is 16.2 Å². The highest BCUT2D eigenvalue weighted by Crippen LogP contribution is 2.20. The second-order valence-electron chi connectivity index (χ2n) is 4.82. The van der Waals surface area contributed by atoms with E-state index in [0.29, 0.717) is 10.9 Å². The summed E-state index contributed by atoms with van der Waals surface area (Å²) in [6, 6.07) is 1.89. The molecule has 0 bridgehead atoms. The molecule has 3 heterocycles. The Balaban J connectivity index is 2.00. The molecule has 0 saturated heterocycles. The molecule has 0 atom stereocenters. The lowest BCUT2D eigenvalue weighted by molar-refractivity contribution is 0.0983. The topological polar surface area (TPSA) is 76.3 Å². The molecule has 108 valence electrons. The van der Waals surface area contributed by atoms with Crippen molar-refractivity contribution in [1.82, 2.24) is 24.6 Å². The second kappa shape index (κ2) is 4.88. The maximum atomic E-state index is 12.4. The van der Waals surface area contributed by atoms with Crippen molar-refractivity contribution >= 4 is 28.2 Å². The molecule has 0 fully saturated rings. The molecule has 21 heavy (non-hydrogen) atoms. The third kappa shape index (κ3) is 2.38. The molecule has 0 aromatic carbocycles. The van der Waals surface area contributed by atoms with Crippen molar-refractivity contribution < 1.29 is 4.79 Å². The van der Waals surface area contributed by atoms with Crippen LogP contribution in [-0.2, 0) is 0 Å². The number of aromatic nitrogens is 5. The van der Waals surface area contributed by atoms with Crippen LogP contribution in [0.4, 0.5) is 5.13 Å². The summed E-state index contributed by atoms with van der Waals surface area (Å²) in [6.07, 6.45) is 0. The van der Waals surface area contributed by atoms with Crippen LogP contribution < -0.4 is 4.90 Å². The van der Waals surface area contributed by atoms with Crippen molar-refractivity contribution in [3.63, 3.8) is 0 Å². The van der Waals surface area contributed by atoms with E-state index in [-0.39, 0.29) is 11.7 Å². The summed E-state index contributed by atoms with van der Waals surface area (Å²) in [5.74, 6) is 0.248. The summed E-state index contributed by atoms with van der Waals surface area (Å²) in [4.78, 5) is 26.7. The lowest BCUT2D eigenvalue weighted by Gasteiger charge is -2.10. The molecule has 3 aromatic heterocycles. The number of fused-ring (bicyclic) bond motifs is 1. The first-order valence-corrected chi connectivity index (χ1v) is 7.25. The fourth-order valence-corrected chi connectivity index (χ4v) is 2.76. The Labute approximate surface area is 125 Å². The van der Waals surface area contributed by atoms with E-state index in [0.717, 1.165) is 17.1 Å². The molecule has 0 N–H and O–H groups in total. The normalized spacial score (nSPS) is 11.0. The number of carbonyl (C=O) groups is 1. The van der Waals surface area contributed by atoms with Crippen molar-refractivity contribution in [1.29, 1.82) is 0 Å². The molecule has 1 amide bonds. The third-order valence-electron chi connectivity index (χ3n) is 3.01. The number of aryl methyl sites for hydroxylation is 3. The van der Waals surface area contributed by atoms with Gasteiger partial charge in [0.1, 0.15) is 0 Å². The Morgan fingerprint density at radius 1 is 1.19 bits per heavy atom. The molecule has 3 rings (SSSR count). The number of hydrogen-bond donors (Lipinski definition) is 0. The lowest BCUT2D eigenvalue weighted by Crippen LogP contribution is -2.27. The Kier molecular flexibility index (Phi) is 3.17. The number of anilines is 1. The Morgan fingerprint density at radius 2 is 1.95 bits per heavy atom. The monoisotopic (exact) mass is 302 g/mol. The molecule has 0 aliphatic heterocycles. The van der Waals surface area contributed by atoms with Crippen molar-refractivity contribution in [2.75, 3.05) is 11.9 Å².